The van der Waals surface area contributed by atoms with E-state index >= 15 is 0 Å². The lowest BCUT2D eigenvalue weighted by Gasteiger charge is -2.17. The van der Waals surface area contributed by atoms with Gasteiger partial charge >= 0.3 is 12.1 Å². The number of rotatable bonds is 7. The molecule has 1 aliphatic heterocycles. The van der Waals surface area contributed by atoms with Crippen molar-refractivity contribution in [3.05, 3.63) is 101 Å². The Kier molecular flexibility index (Phi) is 6.92. The van der Waals surface area contributed by atoms with Crippen molar-refractivity contribution in [3.8, 4) is 28.0 Å². The molecule has 1 aromatic heterocycles. The van der Waals surface area contributed by atoms with Crippen LogP contribution in [0.15, 0.2) is 72.9 Å². The van der Waals surface area contributed by atoms with Gasteiger partial charge < -0.3 is 19.3 Å². The van der Waals surface area contributed by atoms with E-state index in [2.05, 4.69) is 10.3 Å². The smallest absolute Gasteiger partial charge is 0.411 e. The van der Waals surface area contributed by atoms with Crippen LogP contribution in [-0.4, -0.2) is 41.5 Å². The van der Waals surface area contributed by atoms with Crippen LogP contribution in [0.25, 0.3) is 22.3 Å². The van der Waals surface area contributed by atoms with E-state index in [0.29, 0.717) is 30.9 Å². The van der Waals surface area contributed by atoms with Crippen molar-refractivity contribution in [2.45, 2.75) is 32.5 Å². The summed E-state index contributed by atoms with van der Waals surface area (Å²) in [6.45, 7) is 3.33. The molecule has 1 fully saturated rings. The molecule has 202 valence electrons. The number of ether oxygens (including phenoxy) is 3. The number of aromatic carboxylic acids is 1. The van der Waals surface area contributed by atoms with E-state index in [9.17, 15) is 14.7 Å². The summed E-state index contributed by atoms with van der Waals surface area (Å²) in [7, 11) is 0. The molecule has 0 spiro atoms. The third-order valence-electron chi connectivity index (χ3n) is 7.36. The van der Waals surface area contributed by atoms with Crippen LogP contribution >= 0.6 is 0 Å². The van der Waals surface area contributed by atoms with Crippen molar-refractivity contribution >= 4 is 17.7 Å². The molecule has 4 aromatic rings. The molecule has 2 aliphatic rings. The summed E-state index contributed by atoms with van der Waals surface area (Å²) in [6, 6.07) is 21.0. The fraction of sp³-hybridized carbons (Fsp3) is 0.219. The number of benzene rings is 3. The predicted molar refractivity (Wildman–Crippen MR) is 150 cm³/mol. The highest BCUT2D eigenvalue weighted by Gasteiger charge is 2.30. The van der Waals surface area contributed by atoms with Gasteiger partial charge in [-0.15, -0.1) is 0 Å². The summed E-state index contributed by atoms with van der Waals surface area (Å²) in [5, 5.41) is 12.7. The van der Waals surface area contributed by atoms with Crippen molar-refractivity contribution < 1.29 is 28.9 Å². The number of carboxylic acids is 1. The number of amides is 1. The summed E-state index contributed by atoms with van der Waals surface area (Å²) in [4.78, 5) is 29.0. The zero-order valence-electron chi connectivity index (χ0n) is 22.0. The second kappa shape index (κ2) is 10.8. The molecule has 2 heterocycles. The monoisotopic (exact) mass is 536 g/mol. The number of anilines is 1. The van der Waals surface area contributed by atoms with Gasteiger partial charge in [-0.25, -0.2) is 14.6 Å². The zero-order valence-corrected chi connectivity index (χ0v) is 22.0. The lowest BCUT2D eigenvalue weighted by molar-refractivity contribution is 0.0689. The van der Waals surface area contributed by atoms with Crippen LogP contribution in [0.2, 0.25) is 0 Å². The number of aromatic nitrogens is 1. The molecular formula is C32H28N2O6. The fourth-order valence-electron chi connectivity index (χ4n) is 5.38. The van der Waals surface area contributed by atoms with Gasteiger partial charge in [0.15, 0.2) is 5.69 Å². The highest BCUT2D eigenvalue weighted by molar-refractivity contribution is 5.99. The van der Waals surface area contributed by atoms with E-state index < -0.39 is 12.1 Å². The first-order chi connectivity index (χ1) is 19.5. The molecule has 1 saturated heterocycles. The standard InChI is InChI=1S/C32H28N2O6/c1-19-24(8-5-9-28(19)34-32(37)39-17-20-6-3-2-4-7-20)27-16-33-30(31(35)36)26-15-21-14-22(10-11-25(21)29(26)27)40-23-12-13-38-18-23/h2-11,14,16,23H,12-13,15,17-18H2,1H3,(H,34,37)(H,35,36). The Bertz CT molecular complexity index is 1600. The minimum atomic E-state index is -1.07. The van der Waals surface area contributed by atoms with E-state index in [-0.39, 0.29) is 18.4 Å². The predicted octanol–water partition coefficient (Wildman–Crippen LogP) is 6.24. The molecule has 6 rings (SSSR count). The largest absolute Gasteiger partial charge is 0.488 e. The molecule has 1 unspecified atom stereocenters. The molecule has 0 radical (unpaired) electrons. The fourth-order valence-corrected chi connectivity index (χ4v) is 5.38. The number of pyridine rings is 1. The number of fused-ring (bicyclic) bond motifs is 3. The van der Waals surface area contributed by atoms with Gasteiger partial charge in [0.2, 0.25) is 0 Å². The van der Waals surface area contributed by atoms with E-state index in [1.807, 2.05) is 73.7 Å². The molecule has 2 N–H and O–H groups in total. The first-order valence-corrected chi connectivity index (χ1v) is 13.2. The average molecular weight is 537 g/mol. The maximum atomic E-state index is 12.6. The number of nitrogens with zero attached hydrogens (tertiary/aromatic N) is 1. The van der Waals surface area contributed by atoms with Crippen molar-refractivity contribution in [3.63, 3.8) is 0 Å². The molecular weight excluding hydrogens is 508 g/mol. The summed E-state index contributed by atoms with van der Waals surface area (Å²) in [6.07, 6.45) is 2.36. The third-order valence-corrected chi connectivity index (χ3v) is 7.36. The van der Waals surface area contributed by atoms with Crippen LogP contribution in [0.1, 0.15) is 39.2 Å². The first kappa shape index (κ1) is 25.6. The maximum absolute atomic E-state index is 12.6. The Morgan fingerprint density at radius 1 is 1.05 bits per heavy atom. The molecule has 1 aliphatic carbocycles. The highest BCUT2D eigenvalue weighted by atomic mass is 16.6. The summed E-state index contributed by atoms with van der Waals surface area (Å²) >= 11 is 0. The molecule has 8 heteroatoms. The number of hydrogen-bond donors (Lipinski definition) is 2. The van der Waals surface area contributed by atoms with Crippen LogP contribution in [-0.2, 0) is 22.5 Å². The number of carbonyl (C=O) groups is 2. The zero-order chi connectivity index (χ0) is 27.6. The number of carboxylic acid groups (broad SMARTS) is 1. The summed E-state index contributed by atoms with van der Waals surface area (Å²) < 4.78 is 16.9. The Labute approximate surface area is 231 Å². The van der Waals surface area contributed by atoms with Crippen molar-refractivity contribution in [2.75, 3.05) is 18.5 Å². The molecule has 1 amide bonds. The molecule has 8 nitrogen and oxygen atoms in total. The second-order valence-corrected chi connectivity index (χ2v) is 9.94. The third kappa shape index (κ3) is 5.01. The molecule has 1 atom stereocenters. The first-order valence-electron chi connectivity index (χ1n) is 13.2. The van der Waals surface area contributed by atoms with Gasteiger partial charge in [-0.3, -0.25) is 5.32 Å². The van der Waals surface area contributed by atoms with Crippen LogP contribution in [0.3, 0.4) is 0 Å². The number of hydrogen-bond acceptors (Lipinski definition) is 6. The topological polar surface area (TPSA) is 107 Å². The molecule has 3 aromatic carbocycles. The molecule has 0 bridgehead atoms. The van der Waals surface area contributed by atoms with Gasteiger partial charge in [0.05, 0.1) is 13.2 Å². The van der Waals surface area contributed by atoms with E-state index in [1.165, 1.54) is 0 Å². The molecule has 0 saturated carbocycles. The quantitative estimate of drug-likeness (QED) is 0.253. The van der Waals surface area contributed by atoms with E-state index in [4.69, 9.17) is 14.2 Å². The number of carbonyl (C=O) groups excluding carboxylic acids is 1. The Hall–Kier alpha value is -4.69. The van der Waals surface area contributed by atoms with Crippen LogP contribution in [0.5, 0.6) is 5.75 Å². The normalized spacial score (nSPS) is 15.3. The van der Waals surface area contributed by atoms with Gasteiger partial charge in [0.1, 0.15) is 18.5 Å². The Balaban J connectivity index is 1.32. The van der Waals surface area contributed by atoms with Gasteiger partial charge in [0, 0.05) is 30.3 Å². The van der Waals surface area contributed by atoms with Crippen molar-refractivity contribution in [2.24, 2.45) is 0 Å². The van der Waals surface area contributed by atoms with Crippen molar-refractivity contribution in [1.82, 2.24) is 4.98 Å². The summed E-state index contributed by atoms with van der Waals surface area (Å²) in [5.41, 5.74) is 7.45. The van der Waals surface area contributed by atoms with Gasteiger partial charge in [-0.1, -0.05) is 48.5 Å². The Morgan fingerprint density at radius 2 is 1.90 bits per heavy atom. The minimum Gasteiger partial charge on any atom is -0.488 e. The summed E-state index contributed by atoms with van der Waals surface area (Å²) in [5.74, 6) is -0.326. The minimum absolute atomic E-state index is 0.0194. The molecule has 40 heavy (non-hydrogen) atoms. The van der Waals surface area contributed by atoms with E-state index in [1.54, 1.807) is 6.20 Å². The average Bonchev–Trinajstić information content (AvgIpc) is 3.61. The highest BCUT2D eigenvalue weighted by Crippen LogP contribution is 2.46. The van der Waals surface area contributed by atoms with Gasteiger partial charge in [0.25, 0.3) is 0 Å². The second-order valence-electron chi connectivity index (χ2n) is 9.94. The van der Waals surface area contributed by atoms with Gasteiger partial charge in [-0.05, 0) is 64.1 Å². The van der Waals surface area contributed by atoms with E-state index in [0.717, 1.165) is 51.1 Å². The lowest BCUT2D eigenvalue weighted by atomic mass is 9.92. The van der Waals surface area contributed by atoms with Gasteiger partial charge in [-0.2, -0.15) is 0 Å². The number of nitrogens with one attached hydrogen (secondary N) is 1. The Morgan fingerprint density at radius 3 is 2.67 bits per heavy atom. The SMILES string of the molecule is Cc1c(NC(=O)OCc2ccccc2)cccc1-c1cnc(C(=O)O)c2c1-c1ccc(OC3CCOC3)cc1C2. The van der Waals surface area contributed by atoms with Crippen LogP contribution in [0.4, 0.5) is 10.5 Å². The van der Waals surface area contributed by atoms with Crippen molar-refractivity contribution in [1.29, 1.82) is 0 Å². The maximum Gasteiger partial charge on any atom is 0.411 e. The van der Waals surface area contributed by atoms with Crippen LogP contribution < -0.4 is 10.1 Å². The van der Waals surface area contributed by atoms with Crippen LogP contribution in [0, 0.1) is 6.92 Å². The lowest BCUT2D eigenvalue weighted by Crippen LogP contribution is -2.15.